The van der Waals surface area contributed by atoms with E-state index in [0.717, 1.165) is 27.7 Å². The molecule has 0 saturated carbocycles. The molecule has 1 fully saturated rings. The number of hydrogen-bond acceptors (Lipinski definition) is 10. The fraction of sp³-hybridized carbons (Fsp3) is 0.314. The Labute approximate surface area is 306 Å². The van der Waals surface area contributed by atoms with Gasteiger partial charge < -0.3 is 42.8 Å². The summed E-state index contributed by atoms with van der Waals surface area (Å²) in [5, 5.41) is 7.26. The van der Waals surface area contributed by atoms with Crippen LogP contribution < -0.4 is 49.3 Å². The molecular weight excluding hydrogens is 747 g/mol. The summed E-state index contributed by atoms with van der Waals surface area (Å²) in [6, 6.07) is 27.5. The van der Waals surface area contributed by atoms with Crippen LogP contribution in [-0.2, 0) is 38.2 Å². The molecule has 0 aliphatic carbocycles. The van der Waals surface area contributed by atoms with Gasteiger partial charge in [0.05, 0.1) is 19.5 Å². The van der Waals surface area contributed by atoms with E-state index in [-0.39, 0.29) is 60.1 Å². The van der Waals surface area contributed by atoms with E-state index in [4.69, 9.17) is 5.73 Å². The van der Waals surface area contributed by atoms with E-state index in [9.17, 15) is 28.8 Å². The molecule has 0 aromatic heterocycles. The number of imide groups is 1. The number of ether oxygens (including phenoxy) is 2. The van der Waals surface area contributed by atoms with Crippen LogP contribution in [0.3, 0.4) is 0 Å². The van der Waals surface area contributed by atoms with Crippen LogP contribution in [0, 0.1) is 0 Å². The number of thioether (sulfide) groups is 1. The van der Waals surface area contributed by atoms with Gasteiger partial charge in [0, 0.05) is 18.6 Å². The zero-order chi connectivity index (χ0) is 35.4. The number of nitrogens with zero attached hydrogens (tertiary/aromatic N) is 1. The number of benzene rings is 3. The topological polar surface area (TPSA) is 174 Å². The highest BCUT2D eigenvalue weighted by Gasteiger charge is 2.52. The van der Waals surface area contributed by atoms with Crippen LogP contribution in [0.15, 0.2) is 91.0 Å². The summed E-state index contributed by atoms with van der Waals surface area (Å²) < 4.78 is 9.17. The third kappa shape index (κ3) is 10.00. The number of hydrogen-bond donors (Lipinski definition) is 3. The second kappa shape index (κ2) is 19.3. The molecule has 1 aliphatic rings. The van der Waals surface area contributed by atoms with Gasteiger partial charge >= 0.3 is 11.9 Å². The minimum absolute atomic E-state index is 0. The number of halogens is 1. The minimum atomic E-state index is -2.56. The standard InChI is InChI=1S/C35H39N4O8PS.BrH/c1-46-32(42)21-37-33(43)28(38-30(40)19-18-27(36)35(45)47-2)22-49-29-20-31(41)39(34(29)44)23-48(24-12-6-3-7-13-24,25-14-8-4-9-15-25)26-16-10-5-11-17-26;/h3-17,27-29H,18-23,36H2,1-2H3,(H-,37,38,40,43);1H. The van der Waals surface area contributed by atoms with Crippen LogP contribution in [0.2, 0.25) is 0 Å². The normalized spacial score (nSPS) is 15.3. The fourth-order valence-corrected chi connectivity index (χ4v) is 10.8. The molecule has 12 nitrogen and oxygen atoms in total. The third-order valence-electron chi connectivity index (χ3n) is 8.08. The van der Waals surface area contributed by atoms with Crippen LogP contribution >= 0.6 is 19.0 Å². The smallest absolute Gasteiger partial charge is 0.325 e. The molecule has 0 radical (unpaired) electrons. The Balaban J connectivity index is 0.00000676. The molecule has 50 heavy (non-hydrogen) atoms. The van der Waals surface area contributed by atoms with Crippen molar-refractivity contribution in [1.82, 2.24) is 15.5 Å². The Morgan fingerprint density at radius 3 is 1.88 bits per heavy atom. The zero-order valence-electron chi connectivity index (χ0n) is 27.7. The molecule has 1 heterocycles. The van der Waals surface area contributed by atoms with Gasteiger partial charge in [-0.05, 0) is 42.8 Å². The molecule has 3 aromatic rings. The van der Waals surface area contributed by atoms with Gasteiger partial charge in [0.2, 0.25) is 23.6 Å². The number of nitrogens with one attached hydrogen (secondary N) is 2. The summed E-state index contributed by atoms with van der Waals surface area (Å²) in [5.74, 6) is -3.41. The zero-order valence-corrected chi connectivity index (χ0v) is 31.0. The van der Waals surface area contributed by atoms with Gasteiger partial charge in [-0.2, -0.15) is 0 Å². The molecule has 0 spiro atoms. The first-order valence-corrected chi connectivity index (χ1v) is 18.6. The Bertz CT molecular complexity index is 1540. The van der Waals surface area contributed by atoms with Crippen LogP contribution in [0.25, 0.3) is 0 Å². The van der Waals surface area contributed by atoms with E-state index < -0.39 is 54.9 Å². The molecule has 3 atom stereocenters. The average molecular weight is 788 g/mol. The van der Waals surface area contributed by atoms with Crippen molar-refractivity contribution in [2.24, 2.45) is 5.73 Å². The molecule has 1 aliphatic heterocycles. The number of carbonyl (C=O) groups excluding carboxylic acids is 6. The lowest BCUT2D eigenvalue weighted by molar-refractivity contribution is -0.142. The first-order chi connectivity index (χ1) is 23.6. The SMILES string of the molecule is COC(=O)CNC(=O)C(CSC1CC(=O)N(C[P+](c2ccccc2)(c2ccccc2)c2ccccc2)C1=O)NC(=O)CCC(N)C(=O)OC.[Br-]. The molecular formula is C35H40BrN4O8PS. The van der Waals surface area contributed by atoms with E-state index >= 15 is 0 Å². The summed E-state index contributed by atoms with van der Waals surface area (Å²) in [7, 11) is -0.198. The van der Waals surface area contributed by atoms with Gasteiger partial charge in [-0.3, -0.25) is 28.8 Å². The van der Waals surface area contributed by atoms with Crippen molar-refractivity contribution in [2.75, 3.05) is 32.8 Å². The van der Waals surface area contributed by atoms with Crippen molar-refractivity contribution in [2.45, 2.75) is 36.6 Å². The van der Waals surface area contributed by atoms with Crippen LogP contribution in [-0.4, -0.2) is 90.6 Å². The Morgan fingerprint density at radius 2 is 1.40 bits per heavy atom. The van der Waals surface area contributed by atoms with Crippen molar-refractivity contribution >= 4 is 70.5 Å². The molecule has 3 aromatic carbocycles. The largest absolute Gasteiger partial charge is 1.00 e. The summed E-state index contributed by atoms with van der Waals surface area (Å²) in [6.07, 6.45) is -0.136. The van der Waals surface area contributed by atoms with E-state index in [0.29, 0.717) is 0 Å². The Kier molecular flexibility index (Phi) is 15.6. The number of amides is 4. The first-order valence-electron chi connectivity index (χ1n) is 15.6. The second-order valence-electron chi connectivity index (χ2n) is 11.2. The summed E-state index contributed by atoms with van der Waals surface area (Å²) >= 11 is 1.07. The first kappa shape index (κ1) is 40.3. The number of nitrogens with two attached hydrogens (primary N) is 1. The highest BCUT2D eigenvalue weighted by Crippen LogP contribution is 2.56. The number of rotatable bonds is 16. The predicted molar refractivity (Wildman–Crippen MR) is 189 cm³/mol. The molecule has 4 rings (SSSR count). The third-order valence-corrected chi connectivity index (χ3v) is 13.6. The maximum Gasteiger partial charge on any atom is 0.325 e. The lowest BCUT2D eigenvalue weighted by Crippen LogP contribution is -3.00. The maximum atomic E-state index is 14.0. The molecule has 0 bridgehead atoms. The number of carbonyl (C=O) groups is 6. The van der Waals surface area contributed by atoms with E-state index in [1.807, 2.05) is 91.0 Å². The number of likely N-dealkylation sites (tertiary alicyclic amines) is 1. The summed E-state index contributed by atoms with van der Waals surface area (Å²) in [5.41, 5.74) is 5.74. The van der Waals surface area contributed by atoms with Gasteiger partial charge in [-0.25, -0.2) is 4.90 Å². The lowest BCUT2D eigenvalue weighted by atomic mass is 10.1. The van der Waals surface area contributed by atoms with Crippen molar-refractivity contribution in [3.05, 3.63) is 91.0 Å². The summed E-state index contributed by atoms with van der Waals surface area (Å²) in [6.45, 7) is -0.432. The minimum Gasteiger partial charge on any atom is -1.00 e. The molecule has 15 heteroatoms. The second-order valence-corrected chi connectivity index (χ2v) is 15.9. The molecule has 4 N–H and O–H groups in total. The van der Waals surface area contributed by atoms with E-state index in [1.54, 1.807) is 0 Å². The van der Waals surface area contributed by atoms with Crippen molar-refractivity contribution in [1.29, 1.82) is 0 Å². The highest BCUT2D eigenvalue weighted by molar-refractivity contribution is 8.00. The fourth-order valence-electron chi connectivity index (χ4n) is 5.46. The Hall–Kier alpha value is -4.10. The van der Waals surface area contributed by atoms with Crippen LogP contribution in [0.1, 0.15) is 19.3 Å². The molecule has 4 amide bonds. The van der Waals surface area contributed by atoms with Gasteiger partial charge in [0.15, 0.2) is 6.29 Å². The molecule has 1 saturated heterocycles. The van der Waals surface area contributed by atoms with Crippen molar-refractivity contribution in [3.8, 4) is 0 Å². The van der Waals surface area contributed by atoms with Crippen LogP contribution in [0.4, 0.5) is 0 Å². The van der Waals surface area contributed by atoms with Gasteiger partial charge in [-0.15, -0.1) is 11.8 Å². The van der Waals surface area contributed by atoms with Gasteiger partial charge in [-0.1, -0.05) is 54.6 Å². The number of esters is 2. The number of methoxy groups -OCH3 is 2. The summed E-state index contributed by atoms with van der Waals surface area (Å²) in [4.78, 5) is 78.1. The van der Waals surface area contributed by atoms with E-state index in [1.165, 1.54) is 19.1 Å². The van der Waals surface area contributed by atoms with Gasteiger partial charge in [0.25, 0.3) is 0 Å². The van der Waals surface area contributed by atoms with E-state index in [2.05, 4.69) is 20.1 Å². The Morgan fingerprint density at radius 1 is 0.880 bits per heavy atom. The lowest BCUT2D eigenvalue weighted by Gasteiger charge is -2.30. The average Bonchev–Trinajstić information content (AvgIpc) is 3.41. The molecule has 266 valence electrons. The van der Waals surface area contributed by atoms with Gasteiger partial charge in [0.1, 0.15) is 41.8 Å². The quantitative estimate of drug-likeness (QED) is 0.0827. The monoisotopic (exact) mass is 786 g/mol. The van der Waals surface area contributed by atoms with Crippen LogP contribution in [0.5, 0.6) is 0 Å². The highest BCUT2D eigenvalue weighted by atomic mass is 79.9. The maximum absolute atomic E-state index is 14.0. The predicted octanol–water partition coefficient (Wildman–Crippen LogP) is -2.14. The van der Waals surface area contributed by atoms with Crippen molar-refractivity contribution in [3.63, 3.8) is 0 Å². The molecule has 3 unspecified atom stereocenters. The van der Waals surface area contributed by atoms with Crippen molar-refractivity contribution < 1.29 is 55.2 Å².